The molecule has 4 rings (SSSR count). The van der Waals surface area contributed by atoms with E-state index in [1.165, 1.54) is 0 Å². The highest BCUT2D eigenvalue weighted by Gasteiger charge is 2.23. The van der Waals surface area contributed by atoms with Crippen LogP contribution in [0.4, 0.5) is 22.7 Å². The molecule has 36 heavy (non-hydrogen) atoms. The van der Waals surface area contributed by atoms with Gasteiger partial charge in [-0.3, -0.25) is 19.4 Å². The number of hydrogen-bond acceptors (Lipinski definition) is 2. The average molecular weight is 736 g/mol. The summed E-state index contributed by atoms with van der Waals surface area (Å²) in [5.41, 5.74) is 2.93. The van der Waals surface area contributed by atoms with E-state index in [0.717, 1.165) is 40.6 Å². The van der Waals surface area contributed by atoms with E-state index < -0.39 is 0 Å². The largest absolute Gasteiger partial charge is 0.281 e. The standard InChI is InChI=1S/C28H20Br4N2O2/c29-19-1-9-23(10-2-19)33(24-11-3-20(30)4-12-24)27(35)17-18-28(36)34(25-13-5-21(31)6-14-25)26-15-7-22(32)8-16-26/h1-16H,17-18H2. The number of carbonyl (C=O) groups excluding carboxylic acids is 2. The highest BCUT2D eigenvalue weighted by Crippen LogP contribution is 2.31. The monoisotopic (exact) mass is 732 g/mol. The molecule has 0 atom stereocenters. The fraction of sp³-hybridized carbons (Fsp3) is 0.0714. The molecular weight excluding hydrogens is 716 g/mol. The maximum atomic E-state index is 13.5. The molecule has 4 nitrogen and oxygen atoms in total. The van der Waals surface area contributed by atoms with Gasteiger partial charge in [-0.1, -0.05) is 63.7 Å². The summed E-state index contributed by atoms with van der Waals surface area (Å²) in [6.45, 7) is 0. The predicted molar refractivity (Wildman–Crippen MR) is 160 cm³/mol. The van der Waals surface area contributed by atoms with Gasteiger partial charge in [-0.2, -0.15) is 0 Å². The van der Waals surface area contributed by atoms with Gasteiger partial charge in [0, 0.05) is 53.5 Å². The lowest BCUT2D eigenvalue weighted by Gasteiger charge is -2.25. The summed E-state index contributed by atoms with van der Waals surface area (Å²) in [6, 6.07) is 30.1. The van der Waals surface area contributed by atoms with E-state index >= 15 is 0 Å². The van der Waals surface area contributed by atoms with E-state index in [4.69, 9.17) is 0 Å². The summed E-state index contributed by atoms with van der Waals surface area (Å²) < 4.78 is 3.68. The molecule has 0 aliphatic carbocycles. The van der Waals surface area contributed by atoms with Crippen molar-refractivity contribution in [3.63, 3.8) is 0 Å². The van der Waals surface area contributed by atoms with Crippen LogP contribution < -0.4 is 9.80 Å². The Balaban J connectivity index is 1.59. The SMILES string of the molecule is O=C(CCC(=O)N(c1ccc(Br)cc1)c1ccc(Br)cc1)N(c1ccc(Br)cc1)c1ccc(Br)cc1. The number of benzene rings is 4. The Morgan fingerprint density at radius 1 is 0.417 bits per heavy atom. The van der Waals surface area contributed by atoms with Gasteiger partial charge in [0.05, 0.1) is 0 Å². The molecule has 0 N–H and O–H groups in total. The van der Waals surface area contributed by atoms with Crippen LogP contribution >= 0.6 is 63.7 Å². The van der Waals surface area contributed by atoms with E-state index in [2.05, 4.69) is 63.7 Å². The first-order valence-electron chi connectivity index (χ1n) is 11.0. The average Bonchev–Trinajstić information content (AvgIpc) is 2.87. The summed E-state index contributed by atoms with van der Waals surface area (Å²) in [5.74, 6) is -0.334. The van der Waals surface area contributed by atoms with Crippen molar-refractivity contribution in [3.05, 3.63) is 115 Å². The summed E-state index contributed by atoms with van der Waals surface area (Å²) in [4.78, 5) is 30.3. The van der Waals surface area contributed by atoms with Crippen molar-refractivity contribution >= 4 is 98.3 Å². The maximum Gasteiger partial charge on any atom is 0.232 e. The van der Waals surface area contributed by atoms with Crippen LogP contribution in [0.15, 0.2) is 115 Å². The van der Waals surface area contributed by atoms with Crippen molar-refractivity contribution in [2.24, 2.45) is 0 Å². The Bertz CT molecular complexity index is 1140. The summed E-state index contributed by atoms with van der Waals surface area (Å²) in [6.07, 6.45) is 0.100. The summed E-state index contributed by atoms with van der Waals surface area (Å²) in [7, 11) is 0. The summed E-state index contributed by atoms with van der Waals surface area (Å²) in [5, 5.41) is 0. The smallest absolute Gasteiger partial charge is 0.232 e. The normalized spacial score (nSPS) is 10.7. The number of amides is 2. The minimum absolute atomic E-state index is 0.0501. The number of rotatable bonds is 7. The number of anilines is 4. The Kier molecular flexibility index (Phi) is 9.17. The third kappa shape index (κ3) is 6.73. The van der Waals surface area contributed by atoms with Crippen LogP contribution in [-0.2, 0) is 9.59 Å². The molecule has 2 amide bonds. The van der Waals surface area contributed by atoms with Crippen LogP contribution in [0.3, 0.4) is 0 Å². The fourth-order valence-corrected chi connectivity index (χ4v) is 4.73. The van der Waals surface area contributed by atoms with Gasteiger partial charge in [0.25, 0.3) is 0 Å². The van der Waals surface area contributed by atoms with Gasteiger partial charge >= 0.3 is 0 Å². The topological polar surface area (TPSA) is 40.6 Å². The second kappa shape index (κ2) is 12.3. The molecule has 0 bridgehead atoms. The molecule has 0 saturated heterocycles. The highest BCUT2D eigenvalue weighted by molar-refractivity contribution is 9.11. The molecule has 4 aromatic rings. The molecule has 0 heterocycles. The van der Waals surface area contributed by atoms with Crippen molar-refractivity contribution in [2.75, 3.05) is 9.80 Å². The number of carbonyl (C=O) groups is 2. The van der Waals surface area contributed by atoms with Crippen LogP contribution in [0, 0.1) is 0 Å². The zero-order valence-electron chi connectivity index (χ0n) is 18.9. The van der Waals surface area contributed by atoms with Crippen LogP contribution in [-0.4, -0.2) is 11.8 Å². The Morgan fingerprint density at radius 2 is 0.611 bits per heavy atom. The zero-order chi connectivity index (χ0) is 25.7. The maximum absolute atomic E-state index is 13.5. The van der Waals surface area contributed by atoms with Crippen molar-refractivity contribution < 1.29 is 9.59 Å². The first kappa shape index (κ1) is 26.8. The lowest BCUT2D eigenvalue weighted by atomic mass is 10.1. The van der Waals surface area contributed by atoms with Crippen LogP contribution in [0.2, 0.25) is 0 Å². The fourth-order valence-electron chi connectivity index (χ4n) is 3.67. The minimum Gasteiger partial charge on any atom is -0.281 e. The zero-order valence-corrected chi connectivity index (χ0v) is 25.2. The first-order valence-corrected chi connectivity index (χ1v) is 14.2. The molecule has 0 spiro atoms. The second-order valence-corrected chi connectivity index (χ2v) is 11.5. The van der Waals surface area contributed by atoms with E-state index in [1.54, 1.807) is 9.80 Å². The molecule has 4 aromatic carbocycles. The lowest BCUT2D eigenvalue weighted by Crippen LogP contribution is -2.30. The van der Waals surface area contributed by atoms with Crippen molar-refractivity contribution in [1.82, 2.24) is 0 Å². The van der Waals surface area contributed by atoms with Gasteiger partial charge in [0.2, 0.25) is 11.8 Å². The molecule has 182 valence electrons. The molecular formula is C28H20Br4N2O2. The van der Waals surface area contributed by atoms with E-state index in [-0.39, 0.29) is 24.7 Å². The van der Waals surface area contributed by atoms with Gasteiger partial charge in [0.15, 0.2) is 0 Å². The first-order chi connectivity index (χ1) is 17.3. The van der Waals surface area contributed by atoms with Crippen LogP contribution in [0.5, 0.6) is 0 Å². The van der Waals surface area contributed by atoms with Crippen LogP contribution in [0.1, 0.15) is 12.8 Å². The van der Waals surface area contributed by atoms with E-state index in [0.29, 0.717) is 0 Å². The Hall–Kier alpha value is -2.26. The molecule has 0 unspecified atom stereocenters. The Labute approximate surface area is 243 Å². The summed E-state index contributed by atoms with van der Waals surface area (Å²) >= 11 is 13.8. The van der Waals surface area contributed by atoms with E-state index in [1.807, 2.05) is 97.1 Å². The van der Waals surface area contributed by atoms with Gasteiger partial charge in [-0.05, 0) is 97.1 Å². The van der Waals surface area contributed by atoms with Gasteiger partial charge in [-0.15, -0.1) is 0 Å². The molecule has 0 saturated carbocycles. The second-order valence-electron chi connectivity index (χ2n) is 7.86. The number of hydrogen-bond donors (Lipinski definition) is 0. The van der Waals surface area contributed by atoms with Gasteiger partial charge in [-0.25, -0.2) is 0 Å². The third-order valence-corrected chi connectivity index (χ3v) is 7.51. The molecule has 0 fully saturated rings. The number of halogens is 4. The molecule has 0 radical (unpaired) electrons. The molecule has 8 heteroatoms. The minimum atomic E-state index is -0.167. The van der Waals surface area contributed by atoms with Gasteiger partial charge in [0.1, 0.15) is 0 Å². The van der Waals surface area contributed by atoms with Crippen molar-refractivity contribution in [2.45, 2.75) is 12.8 Å². The molecule has 0 aliphatic heterocycles. The van der Waals surface area contributed by atoms with E-state index in [9.17, 15) is 9.59 Å². The predicted octanol–water partition coefficient (Wildman–Crippen LogP) is 9.55. The van der Waals surface area contributed by atoms with Crippen LogP contribution in [0.25, 0.3) is 0 Å². The number of nitrogens with zero attached hydrogens (tertiary/aromatic N) is 2. The van der Waals surface area contributed by atoms with Crippen molar-refractivity contribution in [3.8, 4) is 0 Å². The highest BCUT2D eigenvalue weighted by atomic mass is 79.9. The Morgan fingerprint density at radius 3 is 0.806 bits per heavy atom. The van der Waals surface area contributed by atoms with Gasteiger partial charge < -0.3 is 0 Å². The van der Waals surface area contributed by atoms with Crippen molar-refractivity contribution in [1.29, 1.82) is 0 Å². The molecule has 0 aliphatic rings. The molecule has 0 aromatic heterocycles. The third-order valence-electron chi connectivity index (χ3n) is 5.39. The lowest BCUT2D eigenvalue weighted by molar-refractivity contribution is -0.123. The quantitative estimate of drug-likeness (QED) is 0.190.